The van der Waals surface area contributed by atoms with Crippen LogP contribution in [0.1, 0.15) is 32.6 Å². The van der Waals surface area contributed by atoms with Gasteiger partial charge >= 0.3 is 0 Å². The molecule has 0 bridgehead atoms. The molecule has 1 saturated heterocycles. The molecular formula is C10H18N2OS. The van der Waals surface area contributed by atoms with Gasteiger partial charge in [0.2, 0.25) is 5.91 Å². The second-order valence-electron chi connectivity index (χ2n) is 3.89. The molecule has 0 aromatic carbocycles. The fourth-order valence-corrected chi connectivity index (χ4v) is 1.93. The lowest BCUT2D eigenvalue weighted by molar-refractivity contribution is -0.127. The van der Waals surface area contributed by atoms with Crippen LogP contribution in [0.4, 0.5) is 0 Å². The van der Waals surface area contributed by atoms with Crippen LogP contribution >= 0.6 is 12.2 Å². The van der Waals surface area contributed by atoms with Gasteiger partial charge < -0.3 is 10.6 Å². The zero-order valence-electron chi connectivity index (χ0n) is 8.66. The number of nitrogens with zero attached hydrogens (tertiary/aromatic N) is 1. The summed E-state index contributed by atoms with van der Waals surface area (Å²) in [6.07, 6.45) is 3.47. The minimum Gasteiger partial charge on any atom is -0.393 e. The summed E-state index contributed by atoms with van der Waals surface area (Å²) in [5.74, 6) is 0.854. The van der Waals surface area contributed by atoms with E-state index in [0.29, 0.717) is 16.8 Å². The van der Waals surface area contributed by atoms with Crippen LogP contribution in [0.5, 0.6) is 0 Å². The van der Waals surface area contributed by atoms with Crippen molar-refractivity contribution in [3.63, 3.8) is 0 Å². The van der Waals surface area contributed by atoms with E-state index in [-0.39, 0.29) is 0 Å². The van der Waals surface area contributed by atoms with Crippen LogP contribution < -0.4 is 5.73 Å². The average molecular weight is 214 g/mol. The molecule has 4 heteroatoms. The molecule has 1 unspecified atom stereocenters. The van der Waals surface area contributed by atoms with E-state index < -0.39 is 0 Å². The molecule has 0 spiro atoms. The summed E-state index contributed by atoms with van der Waals surface area (Å²) in [6.45, 7) is 3.87. The fraction of sp³-hybridized carbons (Fsp3) is 0.800. The molecule has 3 nitrogen and oxygen atoms in total. The largest absolute Gasteiger partial charge is 0.393 e. The van der Waals surface area contributed by atoms with E-state index in [9.17, 15) is 4.79 Å². The molecule has 1 rings (SSSR count). The Hall–Kier alpha value is -0.640. The predicted molar refractivity (Wildman–Crippen MR) is 61.0 cm³/mol. The van der Waals surface area contributed by atoms with Gasteiger partial charge in [-0.05, 0) is 18.8 Å². The van der Waals surface area contributed by atoms with Crippen LogP contribution in [0, 0.1) is 5.92 Å². The van der Waals surface area contributed by atoms with Crippen molar-refractivity contribution in [2.24, 2.45) is 11.7 Å². The third-order valence-electron chi connectivity index (χ3n) is 2.72. The quantitative estimate of drug-likeness (QED) is 0.702. The second-order valence-corrected chi connectivity index (χ2v) is 4.41. The normalized spacial score (nSPS) is 21.6. The molecule has 1 heterocycles. The number of likely N-dealkylation sites (tertiary alicyclic amines) is 1. The molecule has 1 aliphatic heterocycles. The van der Waals surface area contributed by atoms with E-state index in [0.717, 1.165) is 38.8 Å². The number of amides is 1. The van der Waals surface area contributed by atoms with Crippen LogP contribution in [0.25, 0.3) is 0 Å². The van der Waals surface area contributed by atoms with E-state index in [2.05, 4.69) is 6.92 Å². The molecule has 0 aromatic rings. The summed E-state index contributed by atoms with van der Waals surface area (Å²) in [7, 11) is 0. The molecule has 1 fully saturated rings. The lowest BCUT2D eigenvalue weighted by Crippen LogP contribution is -2.27. The maximum absolute atomic E-state index is 11.5. The number of rotatable bonds is 5. The number of hydrogen-bond donors (Lipinski definition) is 1. The van der Waals surface area contributed by atoms with Gasteiger partial charge in [-0.3, -0.25) is 4.79 Å². The first-order chi connectivity index (χ1) is 6.63. The molecule has 2 N–H and O–H groups in total. The van der Waals surface area contributed by atoms with E-state index in [1.54, 1.807) is 0 Å². The lowest BCUT2D eigenvalue weighted by atomic mass is 10.1. The van der Waals surface area contributed by atoms with Crippen molar-refractivity contribution in [1.82, 2.24) is 4.90 Å². The number of nitrogens with two attached hydrogens (primary N) is 1. The van der Waals surface area contributed by atoms with E-state index in [1.165, 1.54) is 0 Å². The highest BCUT2D eigenvalue weighted by molar-refractivity contribution is 7.80. The van der Waals surface area contributed by atoms with Gasteiger partial charge in [-0.1, -0.05) is 25.6 Å². The Morgan fingerprint density at radius 2 is 2.43 bits per heavy atom. The Morgan fingerprint density at radius 3 is 2.93 bits per heavy atom. The van der Waals surface area contributed by atoms with Gasteiger partial charge in [-0.25, -0.2) is 0 Å². The van der Waals surface area contributed by atoms with Crippen LogP contribution in [-0.4, -0.2) is 28.9 Å². The Balaban J connectivity index is 2.25. The Bertz CT molecular complexity index is 230. The van der Waals surface area contributed by atoms with Crippen LogP contribution in [0.15, 0.2) is 0 Å². The molecule has 1 atom stereocenters. The number of carbonyl (C=O) groups excluding carboxylic acids is 1. The van der Waals surface area contributed by atoms with Crippen molar-refractivity contribution in [2.45, 2.75) is 32.6 Å². The van der Waals surface area contributed by atoms with Crippen LogP contribution in [0.3, 0.4) is 0 Å². The smallest absolute Gasteiger partial charge is 0.222 e. The summed E-state index contributed by atoms with van der Waals surface area (Å²) >= 11 is 4.79. The molecular weight excluding hydrogens is 196 g/mol. The molecule has 80 valence electrons. The average Bonchev–Trinajstić information content (AvgIpc) is 2.47. The maximum Gasteiger partial charge on any atom is 0.222 e. The van der Waals surface area contributed by atoms with Gasteiger partial charge in [0, 0.05) is 19.5 Å². The van der Waals surface area contributed by atoms with E-state index in [4.69, 9.17) is 18.0 Å². The minimum absolute atomic E-state index is 0.291. The van der Waals surface area contributed by atoms with Gasteiger partial charge in [-0.15, -0.1) is 0 Å². The van der Waals surface area contributed by atoms with E-state index >= 15 is 0 Å². The number of thiocarbonyl (C=S) groups is 1. The maximum atomic E-state index is 11.5. The Labute approximate surface area is 90.6 Å². The van der Waals surface area contributed by atoms with Crippen molar-refractivity contribution in [3.05, 3.63) is 0 Å². The zero-order chi connectivity index (χ0) is 10.6. The van der Waals surface area contributed by atoms with Crippen molar-refractivity contribution < 1.29 is 4.79 Å². The molecule has 0 aromatic heterocycles. The summed E-state index contributed by atoms with van der Waals surface area (Å²) in [6, 6.07) is 0. The summed E-state index contributed by atoms with van der Waals surface area (Å²) in [5, 5.41) is 0. The zero-order valence-corrected chi connectivity index (χ0v) is 9.48. The van der Waals surface area contributed by atoms with Gasteiger partial charge in [0.15, 0.2) is 0 Å². The highest BCUT2D eigenvalue weighted by atomic mass is 32.1. The molecule has 0 saturated carbocycles. The Morgan fingerprint density at radius 1 is 1.71 bits per heavy atom. The topological polar surface area (TPSA) is 46.3 Å². The first-order valence-corrected chi connectivity index (χ1v) is 5.60. The third kappa shape index (κ3) is 3.25. The van der Waals surface area contributed by atoms with Gasteiger partial charge in [-0.2, -0.15) is 0 Å². The lowest BCUT2D eigenvalue weighted by Gasteiger charge is -2.15. The minimum atomic E-state index is 0.291. The molecule has 14 heavy (non-hydrogen) atoms. The standard InChI is InChI=1S/C10H18N2OS/c1-2-8-6-10(13)12(7-8)5-3-4-9(11)14/h8H,2-7H2,1H3,(H2,11,14). The Kier molecular flexibility index (Phi) is 4.32. The number of carbonyl (C=O) groups is 1. The third-order valence-corrected chi connectivity index (χ3v) is 2.93. The molecule has 0 radical (unpaired) electrons. The monoisotopic (exact) mass is 214 g/mol. The van der Waals surface area contributed by atoms with Gasteiger partial charge in [0.05, 0.1) is 4.99 Å². The first kappa shape index (κ1) is 11.4. The summed E-state index contributed by atoms with van der Waals surface area (Å²) in [5.41, 5.74) is 5.39. The number of hydrogen-bond acceptors (Lipinski definition) is 2. The van der Waals surface area contributed by atoms with E-state index in [1.807, 2.05) is 4.90 Å². The van der Waals surface area contributed by atoms with Crippen LogP contribution in [0.2, 0.25) is 0 Å². The highest BCUT2D eigenvalue weighted by Gasteiger charge is 2.27. The summed E-state index contributed by atoms with van der Waals surface area (Å²) in [4.78, 5) is 14.0. The molecule has 0 aliphatic carbocycles. The SMILES string of the molecule is CCC1CC(=O)N(CCCC(N)=S)C1. The second kappa shape index (κ2) is 5.29. The van der Waals surface area contributed by atoms with Gasteiger partial charge in [0.1, 0.15) is 0 Å². The first-order valence-electron chi connectivity index (χ1n) is 5.19. The molecule has 1 aliphatic rings. The van der Waals surface area contributed by atoms with Crippen molar-refractivity contribution in [2.75, 3.05) is 13.1 Å². The molecule has 1 amide bonds. The van der Waals surface area contributed by atoms with Crippen molar-refractivity contribution in [3.8, 4) is 0 Å². The fourth-order valence-electron chi connectivity index (χ4n) is 1.79. The van der Waals surface area contributed by atoms with Crippen molar-refractivity contribution in [1.29, 1.82) is 0 Å². The van der Waals surface area contributed by atoms with Crippen LogP contribution in [-0.2, 0) is 4.79 Å². The highest BCUT2D eigenvalue weighted by Crippen LogP contribution is 2.20. The van der Waals surface area contributed by atoms with Crippen molar-refractivity contribution >= 4 is 23.1 Å². The summed E-state index contributed by atoms with van der Waals surface area (Å²) < 4.78 is 0. The predicted octanol–water partition coefficient (Wildman–Crippen LogP) is 1.31. The van der Waals surface area contributed by atoms with Gasteiger partial charge in [0.25, 0.3) is 0 Å².